The molecule has 4 heteroatoms. The molecule has 0 spiro atoms. The number of sulfone groups is 1. The molecule has 2 N–H and O–H groups in total. The highest BCUT2D eigenvalue weighted by molar-refractivity contribution is 7.89. The maximum absolute atomic E-state index is 11.1. The highest BCUT2D eigenvalue weighted by Gasteiger charge is 2.03. The summed E-state index contributed by atoms with van der Waals surface area (Å²) in [4.78, 5) is 0. The monoisotopic (exact) mass is 225 g/mol. The molecule has 0 saturated carbocycles. The van der Waals surface area contributed by atoms with E-state index in [1.54, 1.807) is 6.07 Å². The fourth-order valence-corrected chi connectivity index (χ4v) is 2.08. The van der Waals surface area contributed by atoms with Crippen LogP contribution in [0.2, 0.25) is 0 Å². The summed E-state index contributed by atoms with van der Waals surface area (Å²) in [6, 6.07) is 7.42. The summed E-state index contributed by atoms with van der Waals surface area (Å²) in [5, 5.41) is 0. The van der Waals surface area contributed by atoms with Gasteiger partial charge in [-0.2, -0.15) is 0 Å². The first-order chi connectivity index (χ1) is 7.01. The molecule has 0 amide bonds. The second-order valence-corrected chi connectivity index (χ2v) is 5.59. The molecule has 0 radical (unpaired) electrons. The fourth-order valence-electron chi connectivity index (χ4n) is 1.29. The van der Waals surface area contributed by atoms with E-state index in [-0.39, 0.29) is 5.75 Å². The Bertz CT molecular complexity index is 449. The lowest BCUT2D eigenvalue weighted by Gasteiger charge is -2.00. The Morgan fingerprint density at radius 2 is 2.13 bits per heavy atom. The molecule has 0 aromatic heterocycles. The predicted molar refractivity (Wildman–Crippen MR) is 63.1 cm³/mol. The van der Waals surface area contributed by atoms with Gasteiger partial charge in [0.2, 0.25) is 0 Å². The molecule has 15 heavy (non-hydrogen) atoms. The SMILES string of the molecule is CS(=O)(=O)Cc1cccc(/C=C/CN)c1. The lowest BCUT2D eigenvalue weighted by atomic mass is 10.1. The Labute approximate surface area is 90.5 Å². The molecule has 0 atom stereocenters. The zero-order valence-electron chi connectivity index (χ0n) is 8.68. The van der Waals surface area contributed by atoms with Crippen LogP contribution in [0.15, 0.2) is 30.3 Å². The quantitative estimate of drug-likeness (QED) is 0.837. The van der Waals surface area contributed by atoms with Crippen molar-refractivity contribution in [3.05, 3.63) is 41.5 Å². The second-order valence-electron chi connectivity index (χ2n) is 3.45. The van der Waals surface area contributed by atoms with Gasteiger partial charge in [0.1, 0.15) is 0 Å². The lowest BCUT2D eigenvalue weighted by Crippen LogP contribution is -2.00. The van der Waals surface area contributed by atoms with Crippen LogP contribution in [0.4, 0.5) is 0 Å². The van der Waals surface area contributed by atoms with Crippen LogP contribution in [0.25, 0.3) is 6.08 Å². The Hall–Kier alpha value is -1.13. The third kappa shape index (κ3) is 4.76. The maximum Gasteiger partial charge on any atom is 0.151 e. The number of rotatable bonds is 4. The van der Waals surface area contributed by atoms with E-state index in [0.717, 1.165) is 11.1 Å². The molecule has 0 saturated heterocycles. The summed E-state index contributed by atoms with van der Waals surface area (Å²) < 4.78 is 22.2. The molecule has 0 aliphatic heterocycles. The Kier molecular flexibility index (Phi) is 4.05. The minimum atomic E-state index is -2.96. The molecular formula is C11H15NO2S. The second kappa shape index (κ2) is 5.09. The zero-order valence-corrected chi connectivity index (χ0v) is 9.50. The van der Waals surface area contributed by atoms with Crippen LogP contribution in [0.5, 0.6) is 0 Å². The van der Waals surface area contributed by atoms with Gasteiger partial charge < -0.3 is 5.73 Å². The lowest BCUT2D eigenvalue weighted by molar-refractivity contribution is 0.601. The zero-order chi connectivity index (χ0) is 11.3. The first-order valence-corrected chi connectivity index (χ1v) is 6.70. The van der Waals surface area contributed by atoms with E-state index in [1.165, 1.54) is 6.26 Å². The largest absolute Gasteiger partial charge is 0.327 e. The van der Waals surface area contributed by atoms with E-state index in [1.807, 2.05) is 30.4 Å². The number of hydrogen-bond donors (Lipinski definition) is 1. The molecule has 0 heterocycles. The van der Waals surface area contributed by atoms with Gasteiger partial charge in [-0.05, 0) is 11.1 Å². The standard InChI is InChI=1S/C11H15NO2S/c1-15(13,14)9-11-5-2-4-10(8-11)6-3-7-12/h2-6,8H,7,9,12H2,1H3/b6-3+. The molecule has 0 aliphatic carbocycles. The van der Waals surface area contributed by atoms with Gasteiger partial charge in [-0.25, -0.2) is 8.42 Å². The van der Waals surface area contributed by atoms with Crippen molar-refractivity contribution in [1.82, 2.24) is 0 Å². The molecular weight excluding hydrogens is 210 g/mol. The smallest absolute Gasteiger partial charge is 0.151 e. The third-order valence-corrected chi connectivity index (χ3v) is 2.68. The number of hydrogen-bond acceptors (Lipinski definition) is 3. The van der Waals surface area contributed by atoms with Crippen molar-refractivity contribution in [3.8, 4) is 0 Å². The average molecular weight is 225 g/mol. The van der Waals surface area contributed by atoms with Gasteiger partial charge in [0.05, 0.1) is 5.75 Å². The van der Waals surface area contributed by atoms with Gasteiger partial charge in [0.15, 0.2) is 9.84 Å². The number of benzene rings is 1. The average Bonchev–Trinajstić information content (AvgIpc) is 2.12. The van der Waals surface area contributed by atoms with Crippen LogP contribution in [-0.4, -0.2) is 21.2 Å². The van der Waals surface area contributed by atoms with Crippen LogP contribution in [0.3, 0.4) is 0 Å². The first kappa shape index (κ1) is 11.9. The summed E-state index contributed by atoms with van der Waals surface area (Å²) in [6.07, 6.45) is 4.95. The Morgan fingerprint density at radius 1 is 1.40 bits per heavy atom. The Morgan fingerprint density at radius 3 is 2.73 bits per heavy atom. The molecule has 3 nitrogen and oxygen atoms in total. The van der Waals surface area contributed by atoms with Crippen molar-refractivity contribution in [2.75, 3.05) is 12.8 Å². The van der Waals surface area contributed by atoms with Crippen molar-refractivity contribution >= 4 is 15.9 Å². The summed E-state index contributed by atoms with van der Waals surface area (Å²) in [5.74, 6) is 0.0807. The molecule has 0 bridgehead atoms. The van der Waals surface area contributed by atoms with Crippen LogP contribution in [0, 0.1) is 0 Å². The maximum atomic E-state index is 11.1. The topological polar surface area (TPSA) is 60.2 Å². The summed E-state index contributed by atoms with van der Waals surface area (Å²) in [5.41, 5.74) is 7.11. The number of nitrogens with two attached hydrogens (primary N) is 1. The first-order valence-electron chi connectivity index (χ1n) is 4.64. The highest BCUT2D eigenvalue weighted by Crippen LogP contribution is 2.09. The van der Waals surface area contributed by atoms with E-state index in [4.69, 9.17) is 5.73 Å². The Balaban J connectivity index is 2.88. The van der Waals surface area contributed by atoms with Crippen LogP contribution >= 0.6 is 0 Å². The summed E-state index contributed by atoms with van der Waals surface area (Å²) in [7, 11) is -2.96. The molecule has 0 aliphatic rings. The van der Waals surface area contributed by atoms with Crippen LogP contribution in [0.1, 0.15) is 11.1 Å². The van der Waals surface area contributed by atoms with E-state index < -0.39 is 9.84 Å². The van der Waals surface area contributed by atoms with E-state index >= 15 is 0 Å². The summed E-state index contributed by atoms with van der Waals surface area (Å²) >= 11 is 0. The van der Waals surface area contributed by atoms with Crippen molar-refractivity contribution in [3.63, 3.8) is 0 Å². The molecule has 1 aromatic rings. The van der Waals surface area contributed by atoms with E-state index in [2.05, 4.69) is 0 Å². The minimum absolute atomic E-state index is 0.0807. The minimum Gasteiger partial charge on any atom is -0.327 e. The van der Waals surface area contributed by atoms with Gasteiger partial charge in [0.25, 0.3) is 0 Å². The predicted octanol–water partition coefficient (Wildman–Crippen LogP) is 1.20. The molecule has 82 valence electrons. The van der Waals surface area contributed by atoms with Gasteiger partial charge in [-0.3, -0.25) is 0 Å². The molecule has 1 rings (SSSR count). The molecule has 0 unspecified atom stereocenters. The molecule has 1 aromatic carbocycles. The highest BCUT2D eigenvalue weighted by atomic mass is 32.2. The molecule has 0 fully saturated rings. The van der Waals surface area contributed by atoms with Crippen LogP contribution < -0.4 is 5.73 Å². The normalized spacial score (nSPS) is 12.1. The summed E-state index contributed by atoms with van der Waals surface area (Å²) in [6.45, 7) is 0.482. The van der Waals surface area contributed by atoms with Gasteiger partial charge >= 0.3 is 0 Å². The van der Waals surface area contributed by atoms with Crippen molar-refractivity contribution < 1.29 is 8.42 Å². The van der Waals surface area contributed by atoms with E-state index in [9.17, 15) is 8.42 Å². The van der Waals surface area contributed by atoms with Crippen molar-refractivity contribution in [1.29, 1.82) is 0 Å². The van der Waals surface area contributed by atoms with Gasteiger partial charge in [-0.15, -0.1) is 0 Å². The van der Waals surface area contributed by atoms with E-state index in [0.29, 0.717) is 6.54 Å². The van der Waals surface area contributed by atoms with Crippen molar-refractivity contribution in [2.24, 2.45) is 5.73 Å². The van der Waals surface area contributed by atoms with Crippen LogP contribution in [-0.2, 0) is 15.6 Å². The van der Waals surface area contributed by atoms with Crippen molar-refractivity contribution in [2.45, 2.75) is 5.75 Å². The van der Waals surface area contributed by atoms with Gasteiger partial charge in [0, 0.05) is 12.8 Å². The van der Waals surface area contributed by atoms with Gasteiger partial charge in [-0.1, -0.05) is 36.4 Å². The third-order valence-electron chi connectivity index (χ3n) is 1.83. The fraction of sp³-hybridized carbons (Fsp3) is 0.273.